The number of nitriles is 1. The lowest BCUT2D eigenvalue weighted by atomic mass is 10.0. The van der Waals surface area contributed by atoms with Crippen molar-refractivity contribution in [2.24, 2.45) is 11.8 Å². The Bertz CT molecular complexity index is 379. The van der Waals surface area contributed by atoms with Crippen LogP contribution in [0, 0.1) is 23.2 Å². The van der Waals surface area contributed by atoms with Crippen LogP contribution in [-0.2, 0) is 4.79 Å². The van der Waals surface area contributed by atoms with Crippen molar-refractivity contribution >= 4 is 5.91 Å². The molecule has 0 spiro atoms. The van der Waals surface area contributed by atoms with Gasteiger partial charge in [0.2, 0.25) is 5.91 Å². The predicted octanol–water partition coefficient (Wildman–Crippen LogP) is 0.0886. The van der Waals surface area contributed by atoms with Crippen LogP contribution < -0.4 is 10.6 Å². The van der Waals surface area contributed by atoms with E-state index in [9.17, 15) is 4.79 Å². The van der Waals surface area contributed by atoms with Crippen molar-refractivity contribution in [3.8, 4) is 6.07 Å². The van der Waals surface area contributed by atoms with Crippen molar-refractivity contribution in [1.29, 1.82) is 5.26 Å². The zero-order valence-electron chi connectivity index (χ0n) is 11.3. The van der Waals surface area contributed by atoms with Crippen molar-refractivity contribution in [2.75, 3.05) is 26.2 Å². The Hall–Kier alpha value is -1.12. The minimum atomic E-state index is -0.193. The van der Waals surface area contributed by atoms with Crippen molar-refractivity contribution in [3.05, 3.63) is 0 Å². The van der Waals surface area contributed by atoms with E-state index in [1.165, 1.54) is 12.8 Å². The van der Waals surface area contributed by atoms with E-state index in [-0.39, 0.29) is 11.9 Å². The summed E-state index contributed by atoms with van der Waals surface area (Å²) in [7, 11) is 0. The maximum Gasteiger partial charge on any atom is 0.237 e. The molecule has 4 atom stereocenters. The molecule has 2 N–H and O–H groups in total. The highest BCUT2D eigenvalue weighted by atomic mass is 16.2. The standard InChI is InChI=1S/C14H22N4O/c15-6-13-2-1-3-18(13)14(19)9-17-12-4-10-7-16-8-11(10)5-12/h10-13,16-17H,1-5,7-9H2/t10-,11+,12+,13-/m0/s1. The molecule has 3 fully saturated rings. The SMILES string of the molecule is N#C[C@@H]1CCCN1C(=O)CN[C@@H]1C[C@H]2CNC[C@H]2C1. The highest BCUT2D eigenvalue weighted by Crippen LogP contribution is 2.34. The van der Waals surface area contributed by atoms with Crippen LogP contribution in [0.5, 0.6) is 0 Å². The number of carbonyl (C=O) groups excluding carboxylic acids is 1. The smallest absolute Gasteiger partial charge is 0.237 e. The average molecular weight is 262 g/mol. The molecule has 3 rings (SSSR count). The van der Waals surface area contributed by atoms with Crippen LogP contribution in [0.1, 0.15) is 25.7 Å². The summed E-state index contributed by atoms with van der Waals surface area (Å²) in [5, 5.41) is 15.8. The number of rotatable bonds is 3. The maximum atomic E-state index is 12.1. The zero-order chi connectivity index (χ0) is 13.2. The highest BCUT2D eigenvalue weighted by Gasteiger charge is 2.37. The summed E-state index contributed by atoms with van der Waals surface area (Å²) in [5.74, 6) is 1.69. The Kier molecular flexibility index (Phi) is 3.72. The quantitative estimate of drug-likeness (QED) is 0.756. The van der Waals surface area contributed by atoms with Crippen LogP contribution in [0.3, 0.4) is 0 Å². The molecule has 3 aliphatic rings. The van der Waals surface area contributed by atoms with Gasteiger partial charge in [-0.15, -0.1) is 0 Å². The number of nitrogens with one attached hydrogen (secondary N) is 2. The summed E-state index contributed by atoms with van der Waals surface area (Å²) in [6, 6.07) is 2.52. The highest BCUT2D eigenvalue weighted by molar-refractivity contribution is 5.79. The first kappa shape index (κ1) is 12.9. The Morgan fingerprint density at radius 1 is 1.37 bits per heavy atom. The van der Waals surface area contributed by atoms with Crippen molar-refractivity contribution in [1.82, 2.24) is 15.5 Å². The number of nitrogens with zero attached hydrogens (tertiary/aromatic N) is 2. The number of carbonyl (C=O) groups is 1. The zero-order valence-corrected chi connectivity index (χ0v) is 11.3. The molecular formula is C14H22N4O. The van der Waals surface area contributed by atoms with E-state index in [1.807, 2.05) is 0 Å². The normalized spacial score (nSPS) is 37.3. The van der Waals surface area contributed by atoms with Crippen LogP contribution in [0.2, 0.25) is 0 Å². The van der Waals surface area contributed by atoms with Gasteiger partial charge in [0.15, 0.2) is 0 Å². The van der Waals surface area contributed by atoms with E-state index in [0.717, 1.165) is 44.3 Å². The predicted molar refractivity (Wildman–Crippen MR) is 71.2 cm³/mol. The monoisotopic (exact) mass is 262 g/mol. The Morgan fingerprint density at radius 2 is 2.11 bits per heavy atom. The number of amides is 1. The van der Waals surface area contributed by atoms with Gasteiger partial charge in [-0.25, -0.2) is 0 Å². The van der Waals surface area contributed by atoms with Gasteiger partial charge >= 0.3 is 0 Å². The molecule has 0 aromatic heterocycles. The van der Waals surface area contributed by atoms with E-state index in [4.69, 9.17) is 5.26 Å². The van der Waals surface area contributed by atoms with Gasteiger partial charge in [0.1, 0.15) is 6.04 Å². The number of likely N-dealkylation sites (tertiary alicyclic amines) is 1. The van der Waals surface area contributed by atoms with Crippen LogP contribution in [-0.4, -0.2) is 49.1 Å². The molecule has 5 nitrogen and oxygen atoms in total. The second-order valence-corrected chi connectivity index (χ2v) is 6.10. The first-order valence-corrected chi connectivity index (χ1v) is 7.41. The third-order valence-corrected chi connectivity index (χ3v) is 4.92. The van der Waals surface area contributed by atoms with Crippen LogP contribution >= 0.6 is 0 Å². The molecule has 2 aliphatic heterocycles. The molecule has 1 saturated carbocycles. The summed E-state index contributed by atoms with van der Waals surface area (Å²) in [4.78, 5) is 13.9. The number of fused-ring (bicyclic) bond motifs is 1. The van der Waals surface area contributed by atoms with Crippen LogP contribution in [0.25, 0.3) is 0 Å². The van der Waals surface area contributed by atoms with E-state index < -0.39 is 0 Å². The third kappa shape index (κ3) is 2.60. The van der Waals surface area contributed by atoms with E-state index in [1.54, 1.807) is 4.90 Å². The lowest BCUT2D eigenvalue weighted by Crippen LogP contribution is -2.43. The van der Waals surface area contributed by atoms with Gasteiger partial charge in [0, 0.05) is 12.6 Å². The molecule has 104 valence electrons. The first-order chi connectivity index (χ1) is 9.28. The molecule has 5 heteroatoms. The Balaban J connectivity index is 1.45. The molecule has 0 aromatic carbocycles. The summed E-state index contributed by atoms with van der Waals surface area (Å²) in [5.41, 5.74) is 0. The average Bonchev–Trinajstić information content (AvgIpc) is 3.09. The molecule has 1 amide bonds. The van der Waals surface area contributed by atoms with E-state index >= 15 is 0 Å². The van der Waals surface area contributed by atoms with Crippen LogP contribution in [0.4, 0.5) is 0 Å². The molecule has 0 aromatic rings. The van der Waals surface area contributed by atoms with E-state index in [2.05, 4.69) is 16.7 Å². The first-order valence-electron chi connectivity index (χ1n) is 7.41. The van der Waals surface area contributed by atoms with Gasteiger partial charge in [0.05, 0.1) is 12.6 Å². The summed E-state index contributed by atoms with van der Waals surface area (Å²) < 4.78 is 0. The fourth-order valence-corrected chi connectivity index (χ4v) is 3.87. The second kappa shape index (κ2) is 5.48. The maximum absolute atomic E-state index is 12.1. The molecule has 1 aliphatic carbocycles. The van der Waals surface area contributed by atoms with Gasteiger partial charge in [0.25, 0.3) is 0 Å². The fraction of sp³-hybridized carbons (Fsp3) is 0.857. The van der Waals surface area contributed by atoms with Gasteiger partial charge in [-0.1, -0.05) is 0 Å². The third-order valence-electron chi connectivity index (χ3n) is 4.92. The molecule has 0 radical (unpaired) electrons. The topological polar surface area (TPSA) is 68.2 Å². The lowest BCUT2D eigenvalue weighted by molar-refractivity contribution is -0.130. The summed E-state index contributed by atoms with van der Waals surface area (Å²) >= 11 is 0. The van der Waals surface area contributed by atoms with Crippen molar-refractivity contribution in [2.45, 2.75) is 37.8 Å². The fourth-order valence-electron chi connectivity index (χ4n) is 3.87. The Labute approximate surface area is 114 Å². The molecule has 0 bridgehead atoms. The second-order valence-electron chi connectivity index (χ2n) is 6.10. The lowest BCUT2D eigenvalue weighted by Gasteiger charge is -2.21. The van der Waals surface area contributed by atoms with E-state index in [0.29, 0.717) is 12.6 Å². The summed E-state index contributed by atoms with van der Waals surface area (Å²) in [6.45, 7) is 3.42. The minimum absolute atomic E-state index is 0.0965. The molecule has 0 unspecified atom stereocenters. The number of hydrogen-bond acceptors (Lipinski definition) is 4. The Morgan fingerprint density at radius 3 is 2.79 bits per heavy atom. The molecule has 2 saturated heterocycles. The van der Waals surface area contributed by atoms with Crippen LogP contribution in [0.15, 0.2) is 0 Å². The largest absolute Gasteiger partial charge is 0.326 e. The molecule has 2 heterocycles. The van der Waals surface area contributed by atoms with Gasteiger partial charge in [-0.2, -0.15) is 5.26 Å². The van der Waals surface area contributed by atoms with Gasteiger partial charge in [-0.3, -0.25) is 4.79 Å². The molecular weight excluding hydrogens is 240 g/mol. The van der Waals surface area contributed by atoms with Gasteiger partial charge < -0.3 is 15.5 Å². The van der Waals surface area contributed by atoms with Crippen molar-refractivity contribution < 1.29 is 4.79 Å². The van der Waals surface area contributed by atoms with Gasteiger partial charge in [-0.05, 0) is 50.6 Å². The summed E-state index contributed by atoms with van der Waals surface area (Å²) in [6.07, 6.45) is 4.17. The molecule has 19 heavy (non-hydrogen) atoms. The number of hydrogen-bond donors (Lipinski definition) is 2. The van der Waals surface area contributed by atoms with Crippen molar-refractivity contribution in [3.63, 3.8) is 0 Å². The minimum Gasteiger partial charge on any atom is -0.326 e.